The second-order valence-electron chi connectivity index (χ2n) is 21.7. The van der Waals surface area contributed by atoms with Gasteiger partial charge in [0.2, 0.25) is 0 Å². The van der Waals surface area contributed by atoms with Crippen LogP contribution in [0.5, 0.6) is 0 Å². The molecular formula is C61H118O6. The minimum Gasteiger partial charge on any atom is -0.462 e. The second-order valence-corrected chi connectivity index (χ2v) is 21.7. The van der Waals surface area contributed by atoms with Crippen molar-refractivity contribution in [2.24, 2.45) is 11.8 Å². The van der Waals surface area contributed by atoms with E-state index in [0.717, 1.165) is 69.6 Å². The lowest BCUT2D eigenvalue weighted by atomic mass is 9.99. The average molecular weight is 948 g/mol. The van der Waals surface area contributed by atoms with Gasteiger partial charge in [-0.15, -0.1) is 0 Å². The highest BCUT2D eigenvalue weighted by Crippen LogP contribution is 2.19. The van der Waals surface area contributed by atoms with Crippen molar-refractivity contribution in [1.82, 2.24) is 0 Å². The summed E-state index contributed by atoms with van der Waals surface area (Å²) in [5.41, 5.74) is 0. The lowest BCUT2D eigenvalue weighted by Gasteiger charge is -2.18. The molecule has 0 rings (SSSR count). The molecule has 0 radical (unpaired) electrons. The Labute approximate surface area is 418 Å². The van der Waals surface area contributed by atoms with Crippen LogP contribution >= 0.6 is 0 Å². The van der Waals surface area contributed by atoms with Crippen LogP contribution in [-0.4, -0.2) is 37.2 Å². The molecule has 0 bridgehead atoms. The zero-order valence-electron chi connectivity index (χ0n) is 46.0. The molecule has 0 spiro atoms. The molecule has 0 aliphatic heterocycles. The summed E-state index contributed by atoms with van der Waals surface area (Å²) < 4.78 is 16.9. The third kappa shape index (κ3) is 53.6. The van der Waals surface area contributed by atoms with Crippen LogP contribution in [0.1, 0.15) is 343 Å². The van der Waals surface area contributed by atoms with Crippen molar-refractivity contribution in [3.8, 4) is 0 Å². The topological polar surface area (TPSA) is 78.9 Å². The van der Waals surface area contributed by atoms with Crippen LogP contribution in [0.15, 0.2) is 0 Å². The van der Waals surface area contributed by atoms with Gasteiger partial charge in [0.1, 0.15) is 13.2 Å². The van der Waals surface area contributed by atoms with Crippen LogP contribution in [0.25, 0.3) is 0 Å². The number of unbranched alkanes of at least 4 members (excludes halogenated alkanes) is 39. The number of hydrogen-bond donors (Lipinski definition) is 0. The van der Waals surface area contributed by atoms with E-state index in [-0.39, 0.29) is 31.1 Å². The Bertz CT molecular complexity index is 1030. The van der Waals surface area contributed by atoms with Crippen LogP contribution in [0.2, 0.25) is 0 Å². The van der Waals surface area contributed by atoms with E-state index in [9.17, 15) is 14.4 Å². The van der Waals surface area contributed by atoms with Crippen LogP contribution in [0, 0.1) is 11.8 Å². The van der Waals surface area contributed by atoms with E-state index in [2.05, 4.69) is 34.6 Å². The molecule has 0 saturated carbocycles. The van der Waals surface area contributed by atoms with Gasteiger partial charge in [-0.3, -0.25) is 14.4 Å². The standard InChI is InChI=1S/C61H118O6/c1-6-8-9-10-11-12-13-19-26-31-36-41-46-51-59(62)65-54-58(67-61(64)53-48-43-38-33-28-23-18-17-21-25-30-35-40-45-50-57(5)7-2)55-66-60(63)52-47-42-37-32-27-22-16-14-15-20-24-29-34-39-44-49-56(3)4/h56-58H,6-55H2,1-5H3/t57?,58-/m1/s1. The maximum Gasteiger partial charge on any atom is 0.306 e. The number of carbonyl (C=O) groups is 3. The molecule has 398 valence electrons. The van der Waals surface area contributed by atoms with Gasteiger partial charge in [-0.25, -0.2) is 0 Å². The van der Waals surface area contributed by atoms with Crippen molar-refractivity contribution in [3.05, 3.63) is 0 Å². The van der Waals surface area contributed by atoms with Gasteiger partial charge in [0.15, 0.2) is 6.10 Å². The maximum absolute atomic E-state index is 12.9. The molecule has 0 aromatic carbocycles. The molecule has 67 heavy (non-hydrogen) atoms. The molecule has 1 unspecified atom stereocenters. The fourth-order valence-corrected chi connectivity index (χ4v) is 9.37. The fraction of sp³-hybridized carbons (Fsp3) is 0.951. The first kappa shape index (κ1) is 65.4. The summed E-state index contributed by atoms with van der Waals surface area (Å²) >= 11 is 0. The Morgan fingerprint density at radius 2 is 0.567 bits per heavy atom. The molecule has 2 atom stereocenters. The number of ether oxygens (including phenoxy) is 3. The zero-order chi connectivity index (χ0) is 48.9. The Morgan fingerprint density at radius 1 is 0.313 bits per heavy atom. The maximum atomic E-state index is 12.9. The largest absolute Gasteiger partial charge is 0.462 e. The summed E-state index contributed by atoms with van der Waals surface area (Å²) in [5.74, 6) is 0.908. The first-order valence-electron chi connectivity index (χ1n) is 30.3. The monoisotopic (exact) mass is 947 g/mol. The van der Waals surface area contributed by atoms with Gasteiger partial charge in [0.25, 0.3) is 0 Å². The Balaban J connectivity index is 4.28. The van der Waals surface area contributed by atoms with Crippen molar-refractivity contribution >= 4 is 17.9 Å². The van der Waals surface area contributed by atoms with Gasteiger partial charge >= 0.3 is 17.9 Å². The van der Waals surface area contributed by atoms with Crippen molar-refractivity contribution in [1.29, 1.82) is 0 Å². The Morgan fingerprint density at radius 3 is 0.851 bits per heavy atom. The van der Waals surface area contributed by atoms with Crippen LogP contribution in [0.4, 0.5) is 0 Å². The normalized spacial score (nSPS) is 12.4. The van der Waals surface area contributed by atoms with Crippen LogP contribution in [-0.2, 0) is 28.6 Å². The molecule has 0 aromatic rings. The molecule has 6 heteroatoms. The first-order valence-corrected chi connectivity index (χ1v) is 30.3. The smallest absolute Gasteiger partial charge is 0.306 e. The molecule has 0 N–H and O–H groups in total. The first-order chi connectivity index (χ1) is 32.8. The van der Waals surface area contributed by atoms with E-state index < -0.39 is 6.10 Å². The molecular weight excluding hydrogens is 829 g/mol. The van der Waals surface area contributed by atoms with E-state index in [1.54, 1.807) is 0 Å². The quantitative estimate of drug-likeness (QED) is 0.0343. The number of carbonyl (C=O) groups excluding carboxylic acids is 3. The predicted molar refractivity (Wildman–Crippen MR) is 289 cm³/mol. The summed E-state index contributed by atoms with van der Waals surface area (Å²) in [6.07, 6.45) is 58.0. The molecule has 0 saturated heterocycles. The van der Waals surface area contributed by atoms with Gasteiger partial charge < -0.3 is 14.2 Å². The summed E-state index contributed by atoms with van der Waals surface area (Å²) in [4.78, 5) is 38.2. The SMILES string of the molecule is CCCCCCCCCCCCCCCC(=O)OC[C@H](COC(=O)CCCCCCCCCCCCCCCCCC(C)C)OC(=O)CCCCCCCCCCCCCCCCC(C)CC. The number of esters is 3. The highest BCUT2D eigenvalue weighted by atomic mass is 16.6. The van der Waals surface area contributed by atoms with Gasteiger partial charge in [-0.05, 0) is 31.1 Å². The number of hydrogen-bond acceptors (Lipinski definition) is 6. The minimum atomic E-state index is -0.763. The van der Waals surface area contributed by atoms with E-state index in [1.165, 1.54) is 231 Å². The molecule has 0 aliphatic rings. The zero-order valence-corrected chi connectivity index (χ0v) is 46.0. The minimum absolute atomic E-state index is 0.0622. The van der Waals surface area contributed by atoms with E-state index in [1.807, 2.05) is 0 Å². The second kappa shape index (κ2) is 53.8. The third-order valence-corrected chi connectivity index (χ3v) is 14.3. The summed E-state index contributed by atoms with van der Waals surface area (Å²) in [6, 6.07) is 0. The van der Waals surface area contributed by atoms with Crippen molar-refractivity contribution < 1.29 is 28.6 Å². The van der Waals surface area contributed by atoms with E-state index in [0.29, 0.717) is 19.3 Å². The highest BCUT2D eigenvalue weighted by molar-refractivity contribution is 5.71. The van der Waals surface area contributed by atoms with E-state index >= 15 is 0 Å². The summed E-state index contributed by atoms with van der Waals surface area (Å²) in [5, 5.41) is 0. The molecule has 0 fully saturated rings. The van der Waals surface area contributed by atoms with Crippen LogP contribution < -0.4 is 0 Å². The highest BCUT2D eigenvalue weighted by Gasteiger charge is 2.19. The summed E-state index contributed by atoms with van der Waals surface area (Å²) in [6.45, 7) is 11.5. The van der Waals surface area contributed by atoms with Crippen LogP contribution in [0.3, 0.4) is 0 Å². The molecule has 6 nitrogen and oxygen atoms in total. The molecule has 0 aromatic heterocycles. The van der Waals surface area contributed by atoms with Crippen molar-refractivity contribution in [3.63, 3.8) is 0 Å². The average Bonchev–Trinajstić information content (AvgIpc) is 3.31. The fourth-order valence-electron chi connectivity index (χ4n) is 9.37. The molecule has 0 aliphatic carbocycles. The Kier molecular flexibility index (Phi) is 52.5. The molecule has 0 heterocycles. The third-order valence-electron chi connectivity index (χ3n) is 14.3. The van der Waals surface area contributed by atoms with Gasteiger partial charge in [0.05, 0.1) is 0 Å². The molecule has 0 amide bonds. The predicted octanol–water partition coefficient (Wildman–Crippen LogP) is 20.0. The van der Waals surface area contributed by atoms with Gasteiger partial charge in [0, 0.05) is 19.3 Å². The van der Waals surface area contributed by atoms with Crippen molar-refractivity contribution in [2.75, 3.05) is 13.2 Å². The summed E-state index contributed by atoms with van der Waals surface area (Å²) in [7, 11) is 0. The van der Waals surface area contributed by atoms with Crippen molar-refractivity contribution in [2.45, 2.75) is 349 Å². The van der Waals surface area contributed by atoms with Gasteiger partial charge in [-0.2, -0.15) is 0 Å². The van der Waals surface area contributed by atoms with Gasteiger partial charge in [-0.1, -0.05) is 304 Å². The van der Waals surface area contributed by atoms with E-state index in [4.69, 9.17) is 14.2 Å². The lowest BCUT2D eigenvalue weighted by molar-refractivity contribution is -0.167. The lowest BCUT2D eigenvalue weighted by Crippen LogP contribution is -2.30. The number of rotatable bonds is 55. The Hall–Kier alpha value is -1.59.